The zero-order valence-corrected chi connectivity index (χ0v) is 23.0. The van der Waals surface area contributed by atoms with Crippen molar-refractivity contribution < 1.29 is 19.0 Å². The van der Waals surface area contributed by atoms with Gasteiger partial charge in [0.2, 0.25) is 5.91 Å². The molecule has 0 saturated carbocycles. The largest absolute Gasteiger partial charge is 0.497 e. The molecule has 5 rings (SSSR count). The molecule has 0 spiro atoms. The van der Waals surface area contributed by atoms with Gasteiger partial charge < -0.3 is 23.9 Å². The molecular formula is C33H33N3O4. The van der Waals surface area contributed by atoms with E-state index in [0.29, 0.717) is 37.3 Å². The van der Waals surface area contributed by atoms with E-state index in [-0.39, 0.29) is 5.91 Å². The number of aryl methyl sites for hydroxylation is 1. The van der Waals surface area contributed by atoms with Crippen LogP contribution in [0.3, 0.4) is 0 Å². The summed E-state index contributed by atoms with van der Waals surface area (Å²) in [5, 5.41) is 3.06. The maximum absolute atomic E-state index is 12.9. The molecule has 7 heteroatoms. The fourth-order valence-electron chi connectivity index (χ4n) is 4.84. The normalized spacial score (nSPS) is 10.9. The van der Waals surface area contributed by atoms with Gasteiger partial charge in [-0.25, -0.2) is 4.98 Å². The van der Waals surface area contributed by atoms with Crippen LogP contribution in [0.5, 0.6) is 17.2 Å². The minimum atomic E-state index is -0.00812. The molecule has 0 aliphatic heterocycles. The van der Waals surface area contributed by atoms with Gasteiger partial charge in [0.25, 0.3) is 0 Å². The van der Waals surface area contributed by atoms with Gasteiger partial charge in [0.15, 0.2) is 11.5 Å². The van der Waals surface area contributed by atoms with Gasteiger partial charge in [0, 0.05) is 24.7 Å². The Hall–Kier alpha value is -4.78. The molecule has 7 nitrogen and oxygen atoms in total. The molecule has 0 unspecified atom stereocenters. The van der Waals surface area contributed by atoms with E-state index in [2.05, 4.69) is 34.1 Å². The predicted molar refractivity (Wildman–Crippen MR) is 157 cm³/mol. The number of carbonyl (C=O) groups excluding carboxylic acids is 1. The Morgan fingerprint density at radius 2 is 1.57 bits per heavy atom. The lowest BCUT2D eigenvalue weighted by Crippen LogP contribution is -2.26. The van der Waals surface area contributed by atoms with E-state index in [1.54, 1.807) is 21.3 Å². The van der Waals surface area contributed by atoms with Gasteiger partial charge in [0.05, 0.1) is 32.7 Å². The highest BCUT2D eigenvalue weighted by atomic mass is 16.5. The van der Waals surface area contributed by atoms with Gasteiger partial charge in [-0.1, -0.05) is 48.5 Å². The fourth-order valence-corrected chi connectivity index (χ4v) is 4.84. The number of rotatable bonds is 11. The number of nitrogens with one attached hydrogen (secondary N) is 1. The van der Waals surface area contributed by atoms with Crippen LogP contribution in [-0.2, 0) is 17.6 Å². The number of hydrogen-bond acceptors (Lipinski definition) is 5. The van der Waals surface area contributed by atoms with Gasteiger partial charge in [-0.15, -0.1) is 0 Å². The van der Waals surface area contributed by atoms with Crippen LogP contribution >= 0.6 is 0 Å². The Balaban J connectivity index is 1.35. The highest BCUT2D eigenvalue weighted by Gasteiger charge is 2.17. The number of methoxy groups -OCH3 is 3. The van der Waals surface area contributed by atoms with Crippen LogP contribution in [0, 0.1) is 0 Å². The topological polar surface area (TPSA) is 74.1 Å². The van der Waals surface area contributed by atoms with Crippen LogP contribution in [0.25, 0.3) is 28.0 Å². The molecule has 3 aromatic carbocycles. The first-order valence-electron chi connectivity index (χ1n) is 13.3. The summed E-state index contributed by atoms with van der Waals surface area (Å²) in [5.41, 5.74) is 6.89. The smallest absolute Gasteiger partial charge is 0.220 e. The number of ether oxygens (including phenoxy) is 3. The molecule has 0 saturated heterocycles. The Bertz CT molecular complexity index is 1610. The Morgan fingerprint density at radius 3 is 2.35 bits per heavy atom. The number of hydrogen-bond donors (Lipinski definition) is 1. The van der Waals surface area contributed by atoms with Crippen molar-refractivity contribution in [1.82, 2.24) is 14.7 Å². The number of fused-ring (bicyclic) bond motifs is 1. The number of aromatic nitrogens is 2. The number of nitrogens with zero attached hydrogens (tertiary/aromatic N) is 2. The number of carbonyl (C=O) groups is 1. The summed E-state index contributed by atoms with van der Waals surface area (Å²) in [7, 11) is 4.89. The maximum atomic E-state index is 12.9. The highest BCUT2D eigenvalue weighted by molar-refractivity contribution is 5.77. The molecule has 0 fully saturated rings. The van der Waals surface area contributed by atoms with E-state index >= 15 is 0 Å². The molecule has 40 heavy (non-hydrogen) atoms. The van der Waals surface area contributed by atoms with Crippen molar-refractivity contribution in [1.29, 1.82) is 0 Å². The van der Waals surface area contributed by atoms with E-state index in [9.17, 15) is 4.79 Å². The zero-order chi connectivity index (χ0) is 27.9. The van der Waals surface area contributed by atoms with Crippen molar-refractivity contribution in [2.75, 3.05) is 27.9 Å². The van der Waals surface area contributed by atoms with Gasteiger partial charge >= 0.3 is 0 Å². The number of benzene rings is 3. The van der Waals surface area contributed by atoms with Crippen LogP contribution < -0.4 is 19.5 Å². The quantitative estimate of drug-likeness (QED) is 0.225. The Labute approximate surface area is 234 Å². The van der Waals surface area contributed by atoms with Gasteiger partial charge in [-0.2, -0.15) is 0 Å². The van der Waals surface area contributed by atoms with E-state index in [0.717, 1.165) is 45.0 Å². The van der Waals surface area contributed by atoms with E-state index in [1.807, 2.05) is 66.7 Å². The monoisotopic (exact) mass is 535 g/mol. The molecule has 2 aromatic heterocycles. The first-order chi connectivity index (χ1) is 19.6. The minimum absolute atomic E-state index is 0.00812. The van der Waals surface area contributed by atoms with Crippen LogP contribution in [0.15, 0.2) is 91.1 Å². The number of pyridine rings is 1. The molecule has 0 aliphatic carbocycles. The summed E-state index contributed by atoms with van der Waals surface area (Å²) in [6, 6.07) is 28.0. The lowest BCUT2D eigenvalue weighted by atomic mass is 10.1. The van der Waals surface area contributed by atoms with Crippen molar-refractivity contribution in [3.05, 3.63) is 102 Å². The van der Waals surface area contributed by atoms with Crippen LogP contribution in [0.2, 0.25) is 0 Å². The minimum Gasteiger partial charge on any atom is -0.497 e. The van der Waals surface area contributed by atoms with Gasteiger partial charge in [-0.05, 0) is 65.9 Å². The van der Waals surface area contributed by atoms with Crippen molar-refractivity contribution in [2.45, 2.75) is 19.3 Å². The average Bonchev–Trinajstić information content (AvgIpc) is 3.38. The third-order valence-corrected chi connectivity index (χ3v) is 6.94. The van der Waals surface area contributed by atoms with Gasteiger partial charge in [0.1, 0.15) is 11.4 Å². The Morgan fingerprint density at radius 1 is 0.775 bits per heavy atom. The third-order valence-electron chi connectivity index (χ3n) is 6.94. The molecule has 0 bridgehead atoms. The first-order valence-corrected chi connectivity index (χ1v) is 13.3. The standard InChI is InChI=1S/C33H33N3O4/c1-38-27-11-7-10-25(21-27)33-28(36-22-26(13-16-31(36)35-33)24-8-5-4-6-9-24)14-17-32(37)34-19-18-23-12-15-29(39-2)30(20-23)40-3/h4-13,15-16,20-22H,14,17-19H2,1-3H3,(H,34,37). The molecule has 1 N–H and O–H groups in total. The molecule has 1 amide bonds. The second kappa shape index (κ2) is 12.4. The van der Waals surface area contributed by atoms with Crippen LogP contribution in [0.1, 0.15) is 17.7 Å². The van der Waals surface area contributed by atoms with Crippen LogP contribution in [0.4, 0.5) is 0 Å². The van der Waals surface area contributed by atoms with Crippen molar-refractivity contribution in [3.8, 4) is 39.6 Å². The lowest BCUT2D eigenvalue weighted by molar-refractivity contribution is -0.121. The molecule has 204 valence electrons. The van der Waals surface area contributed by atoms with E-state index in [4.69, 9.17) is 19.2 Å². The summed E-state index contributed by atoms with van der Waals surface area (Å²) >= 11 is 0. The lowest BCUT2D eigenvalue weighted by Gasteiger charge is -2.11. The molecule has 0 radical (unpaired) electrons. The number of imidazole rings is 1. The van der Waals surface area contributed by atoms with Gasteiger partial charge in [-0.3, -0.25) is 4.79 Å². The van der Waals surface area contributed by atoms with Crippen molar-refractivity contribution in [3.63, 3.8) is 0 Å². The van der Waals surface area contributed by atoms with E-state index in [1.165, 1.54) is 0 Å². The average molecular weight is 536 g/mol. The highest BCUT2D eigenvalue weighted by Crippen LogP contribution is 2.30. The summed E-state index contributed by atoms with van der Waals surface area (Å²) in [4.78, 5) is 17.9. The van der Waals surface area contributed by atoms with E-state index < -0.39 is 0 Å². The SMILES string of the molecule is COc1cccc(-c2nc3ccc(-c4ccccc4)cn3c2CCC(=O)NCCc2ccc(OC)c(OC)c2)c1. The fraction of sp³-hybridized carbons (Fsp3) is 0.212. The maximum Gasteiger partial charge on any atom is 0.220 e. The predicted octanol–water partition coefficient (Wildman–Crippen LogP) is 5.99. The third kappa shape index (κ3) is 5.94. The zero-order valence-electron chi connectivity index (χ0n) is 23.0. The molecular weight excluding hydrogens is 502 g/mol. The summed E-state index contributed by atoms with van der Waals surface area (Å²) in [6.07, 6.45) is 3.67. The van der Waals surface area contributed by atoms with Crippen molar-refractivity contribution >= 4 is 11.6 Å². The molecule has 0 atom stereocenters. The molecule has 5 aromatic rings. The van der Waals surface area contributed by atoms with Crippen LogP contribution in [-0.4, -0.2) is 43.2 Å². The summed E-state index contributed by atoms with van der Waals surface area (Å²) in [5.74, 6) is 2.12. The second-order valence-corrected chi connectivity index (χ2v) is 9.44. The first kappa shape index (κ1) is 26.8. The Kier molecular flexibility index (Phi) is 8.30. The molecule has 2 heterocycles. The summed E-state index contributed by atoms with van der Waals surface area (Å²) < 4.78 is 18.3. The second-order valence-electron chi connectivity index (χ2n) is 9.44. The molecule has 0 aliphatic rings. The summed E-state index contributed by atoms with van der Waals surface area (Å²) in [6.45, 7) is 0.530. The number of amides is 1. The van der Waals surface area contributed by atoms with Crippen molar-refractivity contribution in [2.24, 2.45) is 0 Å².